The highest BCUT2D eigenvalue weighted by Gasteiger charge is 2.02. The molecule has 0 radical (unpaired) electrons. The molecule has 1 aromatic heterocycles. The van der Waals surface area contributed by atoms with E-state index in [9.17, 15) is 0 Å². The Morgan fingerprint density at radius 2 is 1.88 bits per heavy atom. The molecule has 0 fully saturated rings. The highest BCUT2D eigenvalue weighted by Crippen LogP contribution is 2.08. The first kappa shape index (κ1) is 13.2. The van der Waals surface area contributed by atoms with Crippen molar-refractivity contribution in [3.63, 3.8) is 0 Å². The van der Waals surface area contributed by atoms with Crippen molar-refractivity contribution >= 4 is 0 Å². The number of aryl methyl sites for hydroxylation is 2. The molecule has 0 aliphatic carbocycles. The summed E-state index contributed by atoms with van der Waals surface area (Å²) >= 11 is 0. The molecule has 0 spiro atoms. The van der Waals surface area contributed by atoms with Gasteiger partial charge in [-0.2, -0.15) is 5.10 Å². The second kappa shape index (κ2) is 7.44. The van der Waals surface area contributed by atoms with Crippen molar-refractivity contribution in [2.75, 3.05) is 0 Å². The summed E-state index contributed by atoms with van der Waals surface area (Å²) in [5.74, 6) is 0. The third-order valence-corrected chi connectivity index (χ3v) is 3.01. The zero-order chi connectivity index (χ0) is 11.8. The van der Waals surface area contributed by atoms with Gasteiger partial charge < -0.3 is 5.73 Å². The van der Waals surface area contributed by atoms with E-state index in [1.807, 2.05) is 11.6 Å². The molecule has 0 aliphatic rings. The van der Waals surface area contributed by atoms with E-state index in [1.165, 1.54) is 44.1 Å². The lowest BCUT2D eigenvalue weighted by Gasteiger charge is -2.01. The summed E-state index contributed by atoms with van der Waals surface area (Å²) in [6.07, 6.45) is 10.1. The average molecular weight is 223 g/mol. The van der Waals surface area contributed by atoms with E-state index in [2.05, 4.69) is 18.2 Å². The molecular weight excluding hydrogens is 198 g/mol. The Balaban J connectivity index is 2.16. The van der Waals surface area contributed by atoms with Crippen LogP contribution in [0.15, 0.2) is 6.20 Å². The molecule has 0 unspecified atom stereocenters. The van der Waals surface area contributed by atoms with E-state index in [1.54, 1.807) is 0 Å². The first-order valence-electron chi connectivity index (χ1n) is 6.51. The summed E-state index contributed by atoms with van der Waals surface area (Å²) in [6.45, 7) is 5.91. The maximum atomic E-state index is 5.62. The van der Waals surface area contributed by atoms with Crippen LogP contribution < -0.4 is 5.73 Å². The van der Waals surface area contributed by atoms with Crippen LogP contribution in [0.25, 0.3) is 0 Å². The third kappa shape index (κ3) is 4.35. The minimum Gasteiger partial charge on any atom is -0.326 e. The molecule has 0 atom stereocenters. The van der Waals surface area contributed by atoms with Crippen molar-refractivity contribution < 1.29 is 0 Å². The van der Waals surface area contributed by atoms with Crippen molar-refractivity contribution in [1.29, 1.82) is 0 Å². The lowest BCUT2D eigenvalue weighted by Crippen LogP contribution is -1.99. The number of nitrogens with zero attached hydrogens (tertiary/aromatic N) is 2. The molecule has 0 saturated carbocycles. The van der Waals surface area contributed by atoms with Gasteiger partial charge in [0.25, 0.3) is 0 Å². The summed E-state index contributed by atoms with van der Waals surface area (Å²) < 4.78 is 2.04. The van der Waals surface area contributed by atoms with Crippen molar-refractivity contribution in [1.82, 2.24) is 9.78 Å². The predicted octanol–water partition coefficient (Wildman–Crippen LogP) is 3.01. The first-order chi connectivity index (χ1) is 7.77. The van der Waals surface area contributed by atoms with Gasteiger partial charge in [0.05, 0.1) is 5.69 Å². The molecule has 0 amide bonds. The first-order valence-corrected chi connectivity index (χ1v) is 6.51. The lowest BCUT2D eigenvalue weighted by atomic mass is 10.1. The number of hydrogen-bond donors (Lipinski definition) is 1. The zero-order valence-corrected chi connectivity index (χ0v) is 10.7. The Hall–Kier alpha value is -0.830. The fourth-order valence-corrected chi connectivity index (χ4v) is 1.93. The van der Waals surface area contributed by atoms with Gasteiger partial charge in [0.15, 0.2) is 0 Å². The molecule has 0 saturated heterocycles. The quantitative estimate of drug-likeness (QED) is 0.688. The lowest BCUT2D eigenvalue weighted by molar-refractivity contribution is 0.525. The van der Waals surface area contributed by atoms with E-state index in [4.69, 9.17) is 5.73 Å². The topological polar surface area (TPSA) is 43.8 Å². The van der Waals surface area contributed by atoms with Crippen LogP contribution in [0.3, 0.4) is 0 Å². The van der Waals surface area contributed by atoms with Gasteiger partial charge in [-0.05, 0) is 13.3 Å². The minimum atomic E-state index is 0.600. The zero-order valence-electron chi connectivity index (χ0n) is 10.7. The van der Waals surface area contributed by atoms with Crippen LogP contribution in [0, 0.1) is 6.92 Å². The number of aromatic nitrogens is 2. The standard InChI is InChI=1S/C13H25N3/c1-3-4-5-6-7-8-9-16-11-13(10-14)12(2)15-16/h11H,3-10,14H2,1-2H3. The largest absolute Gasteiger partial charge is 0.326 e. The molecule has 0 bridgehead atoms. The predicted molar refractivity (Wildman–Crippen MR) is 68.2 cm³/mol. The number of rotatable bonds is 8. The minimum absolute atomic E-state index is 0.600. The van der Waals surface area contributed by atoms with Gasteiger partial charge >= 0.3 is 0 Å². The van der Waals surface area contributed by atoms with Gasteiger partial charge in [0, 0.05) is 24.8 Å². The monoisotopic (exact) mass is 223 g/mol. The van der Waals surface area contributed by atoms with Crippen LogP contribution in [-0.4, -0.2) is 9.78 Å². The van der Waals surface area contributed by atoms with Gasteiger partial charge in [-0.3, -0.25) is 4.68 Å². The Labute approximate surface area is 99.0 Å². The molecule has 1 aromatic rings. The molecular formula is C13H25N3. The molecule has 3 heteroatoms. The number of nitrogens with two attached hydrogens (primary N) is 1. The van der Waals surface area contributed by atoms with E-state index in [0.29, 0.717) is 6.54 Å². The maximum Gasteiger partial charge on any atom is 0.0638 e. The maximum absolute atomic E-state index is 5.62. The van der Waals surface area contributed by atoms with Crippen LogP contribution in [0.2, 0.25) is 0 Å². The average Bonchev–Trinajstić information content (AvgIpc) is 2.64. The van der Waals surface area contributed by atoms with Crippen LogP contribution in [0.1, 0.15) is 56.7 Å². The van der Waals surface area contributed by atoms with E-state index in [-0.39, 0.29) is 0 Å². The molecule has 1 heterocycles. The SMILES string of the molecule is CCCCCCCCn1cc(CN)c(C)n1. The normalized spacial score (nSPS) is 10.9. The second-order valence-corrected chi connectivity index (χ2v) is 4.47. The summed E-state index contributed by atoms with van der Waals surface area (Å²) in [6, 6.07) is 0. The van der Waals surface area contributed by atoms with Gasteiger partial charge in [-0.1, -0.05) is 39.0 Å². The van der Waals surface area contributed by atoms with Crippen molar-refractivity contribution in [2.45, 2.75) is 65.5 Å². The molecule has 0 aromatic carbocycles. The fourth-order valence-electron chi connectivity index (χ4n) is 1.93. The van der Waals surface area contributed by atoms with Gasteiger partial charge in [0.2, 0.25) is 0 Å². The van der Waals surface area contributed by atoms with Crippen LogP contribution in [-0.2, 0) is 13.1 Å². The third-order valence-electron chi connectivity index (χ3n) is 3.01. The smallest absolute Gasteiger partial charge is 0.0638 e. The van der Waals surface area contributed by atoms with E-state index < -0.39 is 0 Å². The highest BCUT2D eigenvalue weighted by molar-refractivity contribution is 5.14. The Kier molecular flexibility index (Phi) is 6.16. The highest BCUT2D eigenvalue weighted by atomic mass is 15.3. The Morgan fingerprint density at radius 3 is 2.50 bits per heavy atom. The second-order valence-electron chi connectivity index (χ2n) is 4.47. The summed E-state index contributed by atoms with van der Waals surface area (Å²) in [7, 11) is 0. The van der Waals surface area contributed by atoms with Crippen LogP contribution >= 0.6 is 0 Å². The Morgan fingerprint density at radius 1 is 1.19 bits per heavy atom. The molecule has 3 nitrogen and oxygen atoms in total. The number of unbranched alkanes of at least 4 members (excludes halogenated alkanes) is 5. The van der Waals surface area contributed by atoms with Crippen LogP contribution in [0.5, 0.6) is 0 Å². The van der Waals surface area contributed by atoms with Crippen molar-refractivity contribution in [3.05, 3.63) is 17.5 Å². The molecule has 1 rings (SSSR count). The summed E-state index contributed by atoms with van der Waals surface area (Å²) in [5, 5.41) is 4.45. The van der Waals surface area contributed by atoms with Gasteiger partial charge in [-0.25, -0.2) is 0 Å². The number of hydrogen-bond acceptors (Lipinski definition) is 2. The molecule has 2 N–H and O–H groups in total. The molecule has 0 aliphatic heterocycles. The Bertz CT molecular complexity index is 291. The summed E-state index contributed by atoms with van der Waals surface area (Å²) in [5.41, 5.74) is 7.87. The molecule has 16 heavy (non-hydrogen) atoms. The van der Waals surface area contributed by atoms with Gasteiger partial charge in [-0.15, -0.1) is 0 Å². The van der Waals surface area contributed by atoms with Crippen LogP contribution in [0.4, 0.5) is 0 Å². The van der Waals surface area contributed by atoms with Crippen molar-refractivity contribution in [2.24, 2.45) is 5.73 Å². The fraction of sp³-hybridized carbons (Fsp3) is 0.769. The van der Waals surface area contributed by atoms with E-state index in [0.717, 1.165) is 12.2 Å². The van der Waals surface area contributed by atoms with Crippen molar-refractivity contribution in [3.8, 4) is 0 Å². The van der Waals surface area contributed by atoms with Gasteiger partial charge in [0.1, 0.15) is 0 Å². The molecule has 92 valence electrons. The summed E-state index contributed by atoms with van der Waals surface area (Å²) in [4.78, 5) is 0. The van der Waals surface area contributed by atoms with E-state index >= 15 is 0 Å².